The number of Topliss-reactive ketones (excluding diaryl/α,β-unsaturated/α-hetero) is 1. The van der Waals surface area contributed by atoms with Gasteiger partial charge in [0.25, 0.3) is 0 Å². The second-order valence-corrected chi connectivity index (χ2v) is 7.41. The molecule has 2 aromatic rings. The third kappa shape index (κ3) is 3.67. The number of halogens is 3. The van der Waals surface area contributed by atoms with Crippen molar-refractivity contribution in [3.05, 3.63) is 64.3 Å². The fourth-order valence-corrected chi connectivity index (χ4v) is 4.17. The monoisotopic (exact) mass is 590 g/mol. The second-order valence-electron chi connectivity index (χ2n) is 3.92. The van der Waals surface area contributed by atoms with Crippen LogP contribution < -0.4 is 0 Å². The predicted molar refractivity (Wildman–Crippen MR) is 100 cm³/mol. The van der Waals surface area contributed by atoms with Crippen molar-refractivity contribution >= 4 is 73.6 Å². The topological polar surface area (TPSA) is 37.3 Å². The van der Waals surface area contributed by atoms with Crippen LogP contribution in [0.2, 0.25) is 0 Å². The zero-order chi connectivity index (χ0) is 14.0. The van der Waals surface area contributed by atoms with E-state index in [1.54, 1.807) is 24.3 Å². The molecule has 2 aromatic carbocycles. The fourth-order valence-electron chi connectivity index (χ4n) is 1.68. The maximum Gasteiger partial charge on any atom is 0.195 e. The standard InChI is InChI=1S/C14H9I3O2/c15-9-6-10(12(17)11(16)7-9)14(19)13(18)8-4-2-1-3-5-8/h1-7,14,19H. The average Bonchev–Trinajstić information content (AvgIpc) is 2.42. The Bertz CT molecular complexity index is 612. The number of rotatable bonds is 3. The molecule has 1 N–H and O–H groups in total. The number of carbonyl (C=O) groups excluding carboxylic acids is 1. The smallest absolute Gasteiger partial charge is 0.195 e. The Morgan fingerprint density at radius 1 is 1.05 bits per heavy atom. The number of carbonyl (C=O) groups is 1. The zero-order valence-corrected chi connectivity index (χ0v) is 16.1. The molecule has 2 nitrogen and oxygen atoms in total. The molecule has 98 valence electrons. The first-order valence-electron chi connectivity index (χ1n) is 5.42. The van der Waals surface area contributed by atoms with Gasteiger partial charge in [-0.25, -0.2) is 0 Å². The summed E-state index contributed by atoms with van der Waals surface area (Å²) in [6.45, 7) is 0. The summed E-state index contributed by atoms with van der Waals surface area (Å²) in [6.07, 6.45) is -1.11. The molecule has 0 radical (unpaired) electrons. The summed E-state index contributed by atoms with van der Waals surface area (Å²) in [6, 6.07) is 12.8. The van der Waals surface area contributed by atoms with Gasteiger partial charge in [0, 0.05) is 21.8 Å². The van der Waals surface area contributed by atoms with Gasteiger partial charge in [0.05, 0.1) is 0 Å². The molecule has 0 fully saturated rings. The molecule has 5 heteroatoms. The number of hydrogen-bond donors (Lipinski definition) is 1. The van der Waals surface area contributed by atoms with Crippen LogP contribution in [-0.2, 0) is 0 Å². The normalized spacial score (nSPS) is 12.2. The minimum Gasteiger partial charge on any atom is -0.380 e. The molecule has 0 heterocycles. The van der Waals surface area contributed by atoms with Gasteiger partial charge in [0.2, 0.25) is 0 Å². The van der Waals surface area contributed by atoms with E-state index in [1.165, 1.54) is 0 Å². The first-order valence-corrected chi connectivity index (χ1v) is 8.66. The highest BCUT2D eigenvalue weighted by molar-refractivity contribution is 14.1. The first kappa shape index (κ1) is 15.6. The lowest BCUT2D eigenvalue weighted by Gasteiger charge is -2.14. The van der Waals surface area contributed by atoms with E-state index < -0.39 is 6.10 Å². The Kier molecular flexibility index (Phi) is 5.61. The summed E-state index contributed by atoms with van der Waals surface area (Å²) in [5, 5.41) is 10.3. The van der Waals surface area contributed by atoms with Crippen molar-refractivity contribution < 1.29 is 9.90 Å². The van der Waals surface area contributed by atoms with Crippen LogP contribution in [0.1, 0.15) is 22.0 Å². The lowest BCUT2D eigenvalue weighted by molar-refractivity contribution is 0.0746. The maximum atomic E-state index is 12.3. The fraction of sp³-hybridized carbons (Fsp3) is 0.0714. The SMILES string of the molecule is O=C(c1ccccc1)C(O)c1cc(I)cc(I)c1I. The van der Waals surface area contributed by atoms with Crippen molar-refractivity contribution in [2.75, 3.05) is 0 Å². The number of aliphatic hydroxyl groups is 1. The van der Waals surface area contributed by atoms with E-state index in [0.717, 1.165) is 10.7 Å². The van der Waals surface area contributed by atoms with Crippen molar-refractivity contribution in [2.24, 2.45) is 0 Å². The Balaban J connectivity index is 2.40. The summed E-state index contributed by atoms with van der Waals surface area (Å²) >= 11 is 6.57. The van der Waals surface area contributed by atoms with Crippen molar-refractivity contribution in [3.8, 4) is 0 Å². The molecule has 19 heavy (non-hydrogen) atoms. The Hall–Kier alpha value is 0.260. The van der Waals surface area contributed by atoms with Crippen LogP contribution >= 0.6 is 67.8 Å². The Morgan fingerprint density at radius 2 is 1.68 bits per heavy atom. The molecule has 1 unspecified atom stereocenters. The van der Waals surface area contributed by atoms with Gasteiger partial charge < -0.3 is 5.11 Å². The molecular formula is C14H9I3O2. The largest absolute Gasteiger partial charge is 0.380 e. The van der Waals surface area contributed by atoms with Gasteiger partial charge in [-0.1, -0.05) is 30.3 Å². The highest BCUT2D eigenvalue weighted by Crippen LogP contribution is 2.29. The average molecular weight is 590 g/mol. The van der Waals surface area contributed by atoms with Gasteiger partial charge in [0.15, 0.2) is 5.78 Å². The summed E-state index contributed by atoms with van der Waals surface area (Å²) in [5.74, 6) is -0.267. The van der Waals surface area contributed by atoms with Gasteiger partial charge >= 0.3 is 0 Å². The van der Waals surface area contributed by atoms with Crippen LogP contribution in [0, 0.1) is 10.7 Å². The van der Waals surface area contributed by atoms with E-state index in [0.29, 0.717) is 11.1 Å². The molecule has 0 aliphatic carbocycles. The van der Waals surface area contributed by atoms with Crippen molar-refractivity contribution in [1.29, 1.82) is 0 Å². The Labute approximate surface area is 152 Å². The molecule has 0 aliphatic rings. The lowest BCUT2D eigenvalue weighted by atomic mass is 10.0. The summed E-state index contributed by atoms with van der Waals surface area (Å²) in [4.78, 5) is 12.3. The number of aliphatic hydroxyl groups excluding tert-OH is 1. The highest BCUT2D eigenvalue weighted by atomic mass is 127. The van der Waals surface area contributed by atoms with Crippen molar-refractivity contribution in [2.45, 2.75) is 6.10 Å². The van der Waals surface area contributed by atoms with Gasteiger partial charge in [0.1, 0.15) is 6.10 Å². The van der Waals surface area contributed by atoms with E-state index >= 15 is 0 Å². The number of benzene rings is 2. The van der Waals surface area contributed by atoms with E-state index in [1.807, 2.05) is 18.2 Å². The molecule has 0 spiro atoms. The minimum absolute atomic E-state index is 0.267. The predicted octanol–water partition coefficient (Wildman–Crippen LogP) is 4.42. The summed E-state index contributed by atoms with van der Waals surface area (Å²) in [5.41, 5.74) is 1.20. The molecule has 0 saturated heterocycles. The van der Waals surface area contributed by atoms with Crippen molar-refractivity contribution in [3.63, 3.8) is 0 Å². The van der Waals surface area contributed by atoms with Crippen LogP contribution in [-0.4, -0.2) is 10.9 Å². The molecule has 0 bridgehead atoms. The zero-order valence-electron chi connectivity index (χ0n) is 9.61. The first-order chi connectivity index (χ1) is 9.00. The third-order valence-corrected chi connectivity index (χ3v) is 6.33. The van der Waals surface area contributed by atoms with Crippen LogP contribution in [0.5, 0.6) is 0 Å². The van der Waals surface area contributed by atoms with Gasteiger partial charge in [-0.05, 0) is 79.9 Å². The third-order valence-electron chi connectivity index (χ3n) is 2.62. The summed E-state index contributed by atoms with van der Waals surface area (Å²) in [7, 11) is 0. The van der Waals surface area contributed by atoms with Crippen LogP contribution in [0.25, 0.3) is 0 Å². The Morgan fingerprint density at radius 3 is 2.32 bits per heavy atom. The second kappa shape index (κ2) is 6.81. The molecule has 0 aromatic heterocycles. The van der Waals surface area contributed by atoms with E-state index in [9.17, 15) is 9.90 Å². The van der Waals surface area contributed by atoms with Gasteiger partial charge in [-0.15, -0.1) is 0 Å². The van der Waals surface area contributed by atoms with Gasteiger partial charge in [-0.3, -0.25) is 4.79 Å². The quantitative estimate of drug-likeness (QED) is 0.327. The molecule has 1 atom stereocenters. The maximum absolute atomic E-state index is 12.3. The molecule has 2 rings (SSSR count). The lowest BCUT2D eigenvalue weighted by Crippen LogP contribution is -2.14. The van der Waals surface area contributed by atoms with E-state index in [4.69, 9.17) is 0 Å². The van der Waals surface area contributed by atoms with Gasteiger partial charge in [-0.2, -0.15) is 0 Å². The summed E-state index contributed by atoms with van der Waals surface area (Å²) < 4.78 is 2.98. The minimum atomic E-state index is -1.11. The molecular weight excluding hydrogens is 581 g/mol. The van der Waals surface area contributed by atoms with Crippen LogP contribution in [0.4, 0.5) is 0 Å². The number of hydrogen-bond acceptors (Lipinski definition) is 2. The molecule has 0 saturated carbocycles. The molecule has 0 amide bonds. The number of ketones is 1. The molecule has 0 aliphatic heterocycles. The van der Waals surface area contributed by atoms with Crippen LogP contribution in [0.15, 0.2) is 42.5 Å². The highest BCUT2D eigenvalue weighted by Gasteiger charge is 2.22. The van der Waals surface area contributed by atoms with Crippen LogP contribution in [0.3, 0.4) is 0 Å². The van der Waals surface area contributed by atoms with E-state index in [2.05, 4.69) is 67.8 Å². The van der Waals surface area contributed by atoms with E-state index in [-0.39, 0.29) is 5.78 Å². The van der Waals surface area contributed by atoms with Crippen molar-refractivity contribution in [1.82, 2.24) is 0 Å².